The van der Waals surface area contributed by atoms with Gasteiger partial charge in [-0.3, -0.25) is 0 Å². The fourth-order valence-electron chi connectivity index (χ4n) is 2.73. The fraction of sp³-hybridized carbons (Fsp3) is 0.611. The first-order valence-corrected chi connectivity index (χ1v) is 8.65. The molecule has 1 aliphatic heterocycles. The van der Waals surface area contributed by atoms with E-state index in [1.54, 1.807) is 0 Å². The zero-order chi connectivity index (χ0) is 15.9. The first-order chi connectivity index (χ1) is 11.3. The van der Waals surface area contributed by atoms with E-state index in [1.807, 2.05) is 24.3 Å². The van der Waals surface area contributed by atoms with E-state index in [0.717, 1.165) is 63.0 Å². The lowest BCUT2D eigenvalue weighted by molar-refractivity contribution is 0.0497. The number of rotatable bonds is 7. The van der Waals surface area contributed by atoms with Crippen molar-refractivity contribution >= 4 is 11.7 Å². The van der Waals surface area contributed by atoms with E-state index in [1.165, 1.54) is 12.8 Å². The van der Waals surface area contributed by atoms with Gasteiger partial charge in [-0.05, 0) is 55.4 Å². The summed E-state index contributed by atoms with van der Waals surface area (Å²) in [6.45, 7) is 3.17. The molecule has 3 rings (SSSR count). The monoisotopic (exact) mass is 318 g/mol. The molecule has 1 aliphatic carbocycles. The molecule has 0 unspecified atom stereocenters. The summed E-state index contributed by atoms with van der Waals surface area (Å²) in [6.07, 6.45) is 5.87. The van der Waals surface area contributed by atoms with Crippen LogP contribution in [0.2, 0.25) is 0 Å². The summed E-state index contributed by atoms with van der Waals surface area (Å²) in [5.41, 5.74) is 0.785. The van der Waals surface area contributed by atoms with Gasteiger partial charge in [0.05, 0.1) is 6.61 Å². The Hall–Kier alpha value is -1.75. The lowest BCUT2D eigenvalue weighted by atomic mass is 10.0. The van der Waals surface area contributed by atoms with Crippen LogP contribution in [-0.4, -0.2) is 32.4 Å². The number of hydrogen-bond donors (Lipinski definition) is 2. The molecule has 0 spiro atoms. The molecule has 0 aromatic heterocycles. The summed E-state index contributed by atoms with van der Waals surface area (Å²) in [4.78, 5) is 11.8. The van der Waals surface area contributed by atoms with Crippen LogP contribution < -0.4 is 15.4 Å². The standard InChI is InChI=1S/C18H26N2O3/c21-18(19-10-7-14-1-2-14)20-16-3-5-17(6-4-16)23-13-15-8-11-22-12-9-15/h3-6,14-15H,1-2,7-13H2,(H2,19,20,21). The van der Waals surface area contributed by atoms with E-state index < -0.39 is 0 Å². The van der Waals surface area contributed by atoms with Crippen LogP contribution in [0.5, 0.6) is 5.75 Å². The zero-order valence-electron chi connectivity index (χ0n) is 13.6. The summed E-state index contributed by atoms with van der Waals surface area (Å²) in [5.74, 6) is 2.26. The van der Waals surface area contributed by atoms with Gasteiger partial charge < -0.3 is 20.1 Å². The second-order valence-electron chi connectivity index (χ2n) is 6.50. The molecule has 2 aliphatic rings. The molecule has 126 valence electrons. The Bertz CT molecular complexity index is 493. The SMILES string of the molecule is O=C(NCCC1CC1)Nc1ccc(OCC2CCOCC2)cc1. The number of urea groups is 1. The van der Waals surface area contributed by atoms with Gasteiger partial charge in [-0.25, -0.2) is 4.79 Å². The maximum absolute atomic E-state index is 11.8. The molecule has 1 aromatic rings. The summed E-state index contributed by atoms with van der Waals surface area (Å²) in [5, 5.41) is 5.74. The second kappa shape index (κ2) is 8.20. The molecule has 1 saturated carbocycles. The van der Waals surface area contributed by atoms with Crippen LogP contribution in [0, 0.1) is 11.8 Å². The van der Waals surface area contributed by atoms with Crippen molar-refractivity contribution in [2.45, 2.75) is 32.1 Å². The number of ether oxygens (including phenoxy) is 2. The van der Waals surface area contributed by atoms with E-state index in [2.05, 4.69) is 10.6 Å². The third-order valence-electron chi connectivity index (χ3n) is 4.47. The van der Waals surface area contributed by atoms with Crippen molar-refractivity contribution in [3.05, 3.63) is 24.3 Å². The van der Waals surface area contributed by atoms with Crippen LogP contribution >= 0.6 is 0 Å². The maximum Gasteiger partial charge on any atom is 0.319 e. The number of benzene rings is 1. The Balaban J connectivity index is 1.36. The van der Waals surface area contributed by atoms with E-state index in [9.17, 15) is 4.79 Å². The Morgan fingerprint density at radius 3 is 2.52 bits per heavy atom. The molecule has 5 heteroatoms. The highest BCUT2D eigenvalue weighted by Gasteiger charge is 2.20. The van der Waals surface area contributed by atoms with Gasteiger partial charge in [-0.15, -0.1) is 0 Å². The van der Waals surface area contributed by atoms with Gasteiger partial charge in [0.1, 0.15) is 5.75 Å². The molecule has 1 aromatic carbocycles. The number of amides is 2. The minimum absolute atomic E-state index is 0.137. The molecule has 1 saturated heterocycles. The summed E-state index contributed by atoms with van der Waals surface area (Å²) >= 11 is 0. The molecule has 23 heavy (non-hydrogen) atoms. The lowest BCUT2D eigenvalue weighted by Gasteiger charge is -2.22. The van der Waals surface area contributed by atoms with Crippen molar-refractivity contribution in [2.24, 2.45) is 11.8 Å². The van der Waals surface area contributed by atoms with Crippen LogP contribution in [0.1, 0.15) is 32.1 Å². The van der Waals surface area contributed by atoms with Gasteiger partial charge in [-0.1, -0.05) is 12.8 Å². The van der Waals surface area contributed by atoms with Crippen LogP contribution in [0.4, 0.5) is 10.5 Å². The van der Waals surface area contributed by atoms with Gasteiger partial charge in [0.2, 0.25) is 0 Å². The molecule has 1 heterocycles. The van der Waals surface area contributed by atoms with Gasteiger partial charge in [0, 0.05) is 25.4 Å². The van der Waals surface area contributed by atoms with Crippen molar-refractivity contribution in [3.8, 4) is 5.75 Å². The molecule has 5 nitrogen and oxygen atoms in total. The quantitative estimate of drug-likeness (QED) is 0.810. The average Bonchev–Trinajstić information content (AvgIpc) is 3.39. The Morgan fingerprint density at radius 2 is 1.83 bits per heavy atom. The van der Waals surface area contributed by atoms with E-state index in [-0.39, 0.29) is 6.03 Å². The Labute approximate surface area is 137 Å². The highest BCUT2D eigenvalue weighted by Crippen LogP contribution is 2.31. The van der Waals surface area contributed by atoms with Crippen LogP contribution in [-0.2, 0) is 4.74 Å². The van der Waals surface area contributed by atoms with Gasteiger partial charge >= 0.3 is 6.03 Å². The fourth-order valence-corrected chi connectivity index (χ4v) is 2.73. The van der Waals surface area contributed by atoms with E-state index >= 15 is 0 Å². The molecule has 2 N–H and O–H groups in total. The highest BCUT2D eigenvalue weighted by atomic mass is 16.5. The first kappa shape index (κ1) is 16.1. The first-order valence-electron chi connectivity index (χ1n) is 8.65. The normalized spacial score (nSPS) is 18.4. The van der Waals surface area contributed by atoms with Gasteiger partial charge in [0.25, 0.3) is 0 Å². The number of hydrogen-bond acceptors (Lipinski definition) is 3. The minimum atomic E-state index is -0.137. The van der Waals surface area contributed by atoms with Crippen LogP contribution in [0.15, 0.2) is 24.3 Å². The average molecular weight is 318 g/mol. The molecule has 0 radical (unpaired) electrons. The molecule has 2 fully saturated rings. The summed E-state index contributed by atoms with van der Waals surface area (Å²) in [6, 6.07) is 7.42. The molecule has 0 bridgehead atoms. The largest absolute Gasteiger partial charge is 0.493 e. The predicted octanol–water partition coefficient (Wildman–Crippen LogP) is 3.41. The number of anilines is 1. The summed E-state index contributed by atoms with van der Waals surface area (Å²) < 4.78 is 11.2. The third kappa shape index (κ3) is 5.75. The van der Waals surface area contributed by atoms with Gasteiger partial charge in [0.15, 0.2) is 0 Å². The Morgan fingerprint density at radius 1 is 1.09 bits per heavy atom. The van der Waals surface area contributed by atoms with E-state index in [0.29, 0.717) is 5.92 Å². The van der Waals surface area contributed by atoms with Crippen LogP contribution in [0.3, 0.4) is 0 Å². The number of carbonyl (C=O) groups excluding carboxylic acids is 1. The van der Waals surface area contributed by atoms with Crippen molar-refractivity contribution in [3.63, 3.8) is 0 Å². The number of nitrogens with one attached hydrogen (secondary N) is 2. The van der Waals surface area contributed by atoms with Crippen molar-refractivity contribution < 1.29 is 14.3 Å². The van der Waals surface area contributed by atoms with E-state index in [4.69, 9.17) is 9.47 Å². The minimum Gasteiger partial charge on any atom is -0.493 e. The highest BCUT2D eigenvalue weighted by molar-refractivity contribution is 5.89. The van der Waals surface area contributed by atoms with Crippen LogP contribution in [0.25, 0.3) is 0 Å². The molecular formula is C18H26N2O3. The van der Waals surface area contributed by atoms with Gasteiger partial charge in [-0.2, -0.15) is 0 Å². The predicted molar refractivity (Wildman–Crippen MR) is 89.8 cm³/mol. The van der Waals surface area contributed by atoms with Crippen molar-refractivity contribution in [1.82, 2.24) is 5.32 Å². The summed E-state index contributed by atoms with van der Waals surface area (Å²) in [7, 11) is 0. The van der Waals surface area contributed by atoms with Crippen molar-refractivity contribution in [2.75, 3.05) is 31.7 Å². The molecular weight excluding hydrogens is 292 g/mol. The molecule has 0 atom stereocenters. The topological polar surface area (TPSA) is 59.6 Å². The molecule has 2 amide bonds. The van der Waals surface area contributed by atoms with Crippen molar-refractivity contribution in [1.29, 1.82) is 0 Å². The lowest BCUT2D eigenvalue weighted by Crippen LogP contribution is -2.29. The second-order valence-corrected chi connectivity index (χ2v) is 6.50. The third-order valence-corrected chi connectivity index (χ3v) is 4.47. The Kier molecular flexibility index (Phi) is 5.75. The number of carbonyl (C=O) groups is 1. The smallest absolute Gasteiger partial charge is 0.319 e. The maximum atomic E-state index is 11.8. The zero-order valence-corrected chi connectivity index (χ0v) is 13.6.